The second-order valence-electron chi connectivity index (χ2n) is 12.2. The molecular weight excluding hydrogens is 518 g/mol. The molecular formula is C33H47N3O5. The van der Waals surface area contributed by atoms with Gasteiger partial charge in [0.15, 0.2) is 0 Å². The number of benzene rings is 2. The first-order valence-electron chi connectivity index (χ1n) is 14.8. The van der Waals surface area contributed by atoms with E-state index in [9.17, 15) is 19.5 Å². The Morgan fingerprint density at radius 3 is 2.29 bits per heavy atom. The van der Waals surface area contributed by atoms with E-state index in [0.717, 1.165) is 37.7 Å². The van der Waals surface area contributed by atoms with Crippen LogP contribution in [-0.2, 0) is 20.7 Å². The quantitative estimate of drug-likeness (QED) is 0.330. The van der Waals surface area contributed by atoms with Crippen LogP contribution in [0.3, 0.4) is 0 Å². The third kappa shape index (κ3) is 9.23. The Bertz CT molecular complexity index is 1170. The van der Waals surface area contributed by atoms with Crippen molar-refractivity contribution in [3.05, 3.63) is 65.2 Å². The van der Waals surface area contributed by atoms with Gasteiger partial charge in [0.05, 0.1) is 0 Å². The fourth-order valence-electron chi connectivity index (χ4n) is 5.29. The van der Waals surface area contributed by atoms with E-state index < -0.39 is 23.8 Å². The molecule has 8 nitrogen and oxygen atoms in total. The van der Waals surface area contributed by atoms with Crippen LogP contribution in [0.1, 0.15) is 95.9 Å². The number of ether oxygens (including phenoxy) is 1. The van der Waals surface area contributed by atoms with Crippen molar-refractivity contribution < 1.29 is 24.2 Å². The molecule has 1 saturated carbocycles. The predicted molar refractivity (Wildman–Crippen MR) is 161 cm³/mol. The number of rotatable bonds is 10. The standard InChI is InChI=1S/C33H47N3O5/c1-7-23(3)36(31(39)27(21-24-14-10-8-11-15-24)35-32(40)41-33(4,5)6)29(25-18-19-28(37)22(2)20-25)30(38)34-26-16-12-9-13-17-26/h8,10-11,14-15,18-20,23,26-27,29,37H,7,9,12-13,16-17,21H2,1-6H3,(H,34,38)(H,35,40). The highest BCUT2D eigenvalue weighted by Crippen LogP contribution is 2.30. The van der Waals surface area contributed by atoms with E-state index >= 15 is 0 Å². The summed E-state index contributed by atoms with van der Waals surface area (Å²) < 4.78 is 5.52. The Kier molecular flexibility index (Phi) is 11.2. The molecule has 1 aliphatic carbocycles. The van der Waals surface area contributed by atoms with Gasteiger partial charge in [-0.2, -0.15) is 0 Å². The number of hydrogen-bond acceptors (Lipinski definition) is 5. The average Bonchev–Trinajstić information content (AvgIpc) is 2.92. The van der Waals surface area contributed by atoms with E-state index in [2.05, 4.69) is 10.6 Å². The van der Waals surface area contributed by atoms with Crippen LogP contribution >= 0.6 is 0 Å². The Hall–Kier alpha value is -3.55. The molecule has 3 N–H and O–H groups in total. The molecule has 1 aliphatic rings. The number of aromatic hydroxyl groups is 1. The molecule has 0 aromatic heterocycles. The maximum atomic E-state index is 14.5. The number of nitrogens with one attached hydrogen (secondary N) is 2. The summed E-state index contributed by atoms with van der Waals surface area (Å²) in [5, 5.41) is 16.3. The van der Waals surface area contributed by atoms with E-state index in [-0.39, 0.29) is 36.1 Å². The molecule has 3 amide bonds. The molecule has 2 aromatic rings. The minimum absolute atomic E-state index is 0.0471. The number of aryl methyl sites for hydroxylation is 1. The summed E-state index contributed by atoms with van der Waals surface area (Å²) in [6.45, 7) is 11.0. The minimum atomic E-state index is -0.968. The normalized spacial score (nSPS) is 16.2. The zero-order valence-electron chi connectivity index (χ0n) is 25.4. The third-order valence-corrected chi connectivity index (χ3v) is 7.61. The van der Waals surface area contributed by atoms with Crippen molar-refractivity contribution in [2.75, 3.05) is 0 Å². The summed E-state index contributed by atoms with van der Waals surface area (Å²) in [6, 6.07) is 12.3. The third-order valence-electron chi connectivity index (χ3n) is 7.61. The molecule has 3 rings (SSSR count). The lowest BCUT2D eigenvalue weighted by Crippen LogP contribution is -2.56. The monoisotopic (exact) mass is 565 g/mol. The number of phenols is 1. The molecule has 8 heteroatoms. The topological polar surface area (TPSA) is 108 Å². The van der Waals surface area contributed by atoms with E-state index in [1.807, 2.05) is 44.2 Å². The van der Waals surface area contributed by atoms with E-state index in [1.165, 1.54) is 0 Å². The molecule has 0 saturated heterocycles. The van der Waals surface area contributed by atoms with Gasteiger partial charge in [-0.05, 0) is 82.7 Å². The number of carbonyl (C=O) groups is 3. The second-order valence-corrected chi connectivity index (χ2v) is 12.2. The van der Waals surface area contributed by atoms with Gasteiger partial charge in [-0.25, -0.2) is 4.79 Å². The summed E-state index contributed by atoms with van der Waals surface area (Å²) in [4.78, 5) is 43.2. The molecule has 3 unspecified atom stereocenters. The van der Waals surface area contributed by atoms with Gasteiger partial charge < -0.3 is 25.4 Å². The van der Waals surface area contributed by atoms with Gasteiger partial charge in [0.2, 0.25) is 11.8 Å². The van der Waals surface area contributed by atoms with Crippen LogP contribution in [0.15, 0.2) is 48.5 Å². The first-order chi connectivity index (χ1) is 19.4. The number of phenolic OH excluding ortho intramolecular Hbond substituents is 1. The molecule has 1 fully saturated rings. The van der Waals surface area contributed by atoms with Gasteiger partial charge in [-0.3, -0.25) is 9.59 Å². The van der Waals surface area contributed by atoms with Crippen LogP contribution in [0.25, 0.3) is 0 Å². The van der Waals surface area contributed by atoms with E-state index in [1.54, 1.807) is 50.8 Å². The van der Waals surface area contributed by atoms with Crippen molar-refractivity contribution in [1.29, 1.82) is 0 Å². The smallest absolute Gasteiger partial charge is 0.408 e. The lowest BCUT2D eigenvalue weighted by Gasteiger charge is -2.39. The van der Waals surface area contributed by atoms with Gasteiger partial charge in [0.1, 0.15) is 23.4 Å². The second kappa shape index (κ2) is 14.4. The zero-order chi connectivity index (χ0) is 30.2. The van der Waals surface area contributed by atoms with Crippen LogP contribution in [-0.4, -0.2) is 51.6 Å². The minimum Gasteiger partial charge on any atom is -0.508 e. The van der Waals surface area contributed by atoms with Gasteiger partial charge >= 0.3 is 6.09 Å². The highest BCUT2D eigenvalue weighted by atomic mass is 16.6. The van der Waals surface area contributed by atoms with Crippen LogP contribution in [0.2, 0.25) is 0 Å². The van der Waals surface area contributed by atoms with Crippen LogP contribution in [0, 0.1) is 6.92 Å². The van der Waals surface area contributed by atoms with Crippen molar-refractivity contribution >= 4 is 17.9 Å². The maximum Gasteiger partial charge on any atom is 0.408 e. The number of alkyl carbamates (subject to hydrolysis) is 1. The van der Waals surface area contributed by atoms with Gasteiger partial charge in [-0.15, -0.1) is 0 Å². The summed E-state index contributed by atoms with van der Waals surface area (Å²) >= 11 is 0. The highest BCUT2D eigenvalue weighted by Gasteiger charge is 2.39. The van der Waals surface area contributed by atoms with Crippen molar-refractivity contribution in [1.82, 2.24) is 15.5 Å². The first kappa shape index (κ1) is 32.0. The Morgan fingerprint density at radius 1 is 1.05 bits per heavy atom. The fraction of sp³-hybridized carbons (Fsp3) is 0.545. The molecule has 0 aliphatic heterocycles. The largest absolute Gasteiger partial charge is 0.508 e. The SMILES string of the molecule is CCC(C)N(C(=O)C(Cc1ccccc1)NC(=O)OC(C)(C)C)C(C(=O)NC1CCCCC1)c1ccc(O)c(C)c1. The lowest BCUT2D eigenvalue weighted by atomic mass is 9.93. The number of hydrogen-bond donors (Lipinski definition) is 3. The molecule has 41 heavy (non-hydrogen) atoms. The number of amides is 3. The molecule has 3 atom stereocenters. The summed E-state index contributed by atoms with van der Waals surface area (Å²) in [7, 11) is 0. The van der Waals surface area contributed by atoms with Crippen LogP contribution in [0.5, 0.6) is 5.75 Å². The average molecular weight is 566 g/mol. The zero-order valence-corrected chi connectivity index (χ0v) is 25.4. The van der Waals surface area contributed by atoms with Crippen LogP contribution < -0.4 is 10.6 Å². The molecule has 224 valence electrons. The van der Waals surface area contributed by atoms with Gasteiger partial charge in [-0.1, -0.05) is 62.6 Å². The molecule has 0 spiro atoms. The summed E-state index contributed by atoms with van der Waals surface area (Å²) in [6.07, 6.45) is 5.21. The fourth-order valence-corrected chi connectivity index (χ4v) is 5.29. The number of nitrogens with zero attached hydrogens (tertiary/aromatic N) is 1. The molecule has 0 heterocycles. The Balaban J connectivity index is 2.05. The number of carbonyl (C=O) groups excluding carboxylic acids is 3. The van der Waals surface area contributed by atoms with Crippen molar-refractivity contribution in [2.24, 2.45) is 0 Å². The lowest BCUT2D eigenvalue weighted by molar-refractivity contribution is -0.145. The van der Waals surface area contributed by atoms with Crippen molar-refractivity contribution in [3.63, 3.8) is 0 Å². The maximum absolute atomic E-state index is 14.5. The summed E-state index contributed by atoms with van der Waals surface area (Å²) in [5.74, 6) is -0.509. The van der Waals surface area contributed by atoms with Gasteiger partial charge in [0, 0.05) is 18.5 Å². The Morgan fingerprint density at radius 2 is 1.71 bits per heavy atom. The van der Waals surface area contributed by atoms with Crippen molar-refractivity contribution in [2.45, 2.75) is 116 Å². The highest BCUT2D eigenvalue weighted by molar-refractivity contribution is 5.92. The molecule has 2 aromatic carbocycles. The summed E-state index contributed by atoms with van der Waals surface area (Å²) in [5.41, 5.74) is 1.35. The van der Waals surface area contributed by atoms with E-state index in [0.29, 0.717) is 17.5 Å². The predicted octanol–water partition coefficient (Wildman–Crippen LogP) is 5.95. The first-order valence-corrected chi connectivity index (χ1v) is 14.8. The van der Waals surface area contributed by atoms with Gasteiger partial charge in [0.25, 0.3) is 0 Å². The van der Waals surface area contributed by atoms with Crippen molar-refractivity contribution in [3.8, 4) is 5.75 Å². The Labute approximate surface area is 244 Å². The van der Waals surface area contributed by atoms with E-state index in [4.69, 9.17) is 4.74 Å². The molecule has 0 radical (unpaired) electrons. The molecule has 0 bridgehead atoms. The van der Waals surface area contributed by atoms with Crippen LogP contribution in [0.4, 0.5) is 4.79 Å².